The molecular formula is C18H21ClFN5. The van der Waals surface area contributed by atoms with E-state index in [1.807, 2.05) is 18.2 Å². The van der Waals surface area contributed by atoms with E-state index >= 15 is 0 Å². The van der Waals surface area contributed by atoms with Gasteiger partial charge in [-0.2, -0.15) is 0 Å². The Bertz CT molecular complexity index is 709. The Kier molecular flexibility index (Phi) is 5.71. The van der Waals surface area contributed by atoms with Crippen molar-refractivity contribution >= 4 is 23.2 Å². The molecule has 0 unspecified atom stereocenters. The van der Waals surface area contributed by atoms with Crippen molar-refractivity contribution in [1.82, 2.24) is 9.88 Å². The van der Waals surface area contributed by atoms with Gasteiger partial charge in [0.2, 0.25) is 0 Å². The molecule has 2 N–H and O–H groups in total. The maximum atomic E-state index is 13.0. The monoisotopic (exact) mass is 361 g/mol. The van der Waals surface area contributed by atoms with E-state index in [4.69, 9.17) is 17.3 Å². The second kappa shape index (κ2) is 8.16. The number of rotatable bonds is 4. The van der Waals surface area contributed by atoms with Gasteiger partial charge in [-0.15, -0.1) is 0 Å². The lowest BCUT2D eigenvalue weighted by molar-refractivity contribution is 0.381. The lowest BCUT2D eigenvalue weighted by Gasteiger charge is -2.36. The van der Waals surface area contributed by atoms with Crippen LogP contribution in [-0.4, -0.2) is 48.6 Å². The summed E-state index contributed by atoms with van der Waals surface area (Å²) in [5.41, 5.74) is 8.23. The summed E-state index contributed by atoms with van der Waals surface area (Å²) in [6.07, 6.45) is 2.54. The number of aliphatic imine (C=N–C) groups is 1. The lowest BCUT2D eigenvalue weighted by atomic mass is 10.2. The van der Waals surface area contributed by atoms with Crippen molar-refractivity contribution in [3.05, 3.63) is 59.1 Å². The van der Waals surface area contributed by atoms with E-state index in [0.717, 1.165) is 43.9 Å². The Morgan fingerprint density at radius 3 is 2.48 bits per heavy atom. The highest BCUT2D eigenvalue weighted by Gasteiger charge is 2.18. The summed E-state index contributed by atoms with van der Waals surface area (Å²) in [6.45, 7) is 3.89. The largest absolute Gasteiger partial charge is 0.370 e. The van der Waals surface area contributed by atoms with Gasteiger partial charge >= 0.3 is 0 Å². The molecule has 0 aliphatic carbocycles. The second-order valence-corrected chi connectivity index (χ2v) is 6.32. The number of aromatic nitrogens is 1. The molecule has 5 nitrogen and oxygen atoms in total. The number of pyridine rings is 1. The summed E-state index contributed by atoms with van der Waals surface area (Å²) < 4.78 is 13.0. The van der Waals surface area contributed by atoms with Crippen LogP contribution in [0, 0.1) is 5.82 Å². The first kappa shape index (κ1) is 17.5. The second-order valence-electron chi connectivity index (χ2n) is 5.93. The molecule has 0 spiro atoms. The van der Waals surface area contributed by atoms with Crippen LogP contribution in [0.1, 0.15) is 5.56 Å². The number of nitrogens with zero attached hydrogens (tertiary/aromatic N) is 4. The predicted molar refractivity (Wildman–Crippen MR) is 99.6 cm³/mol. The average molecular weight is 362 g/mol. The third kappa shape index (κ3) is 4.82. The number of hydrogen-bond donors (Lipinski definition) is 1. The molecule has 1 fully saturated rings. The average Bonchev–Trinajstić information content (AvgIpc) is 2.64. The third-order valence-corrected chi connectivity index (χ3v) is 4.48. The summed E-state index contributed by atoms with van der Waals surface area (Å²) in [5.74, 6) is 0.357. The molecule has 132 valence electrons. The highest BCUT2D eigenvalue weighted by Crippen LogP contribution is 2.16. The zero-order chi connectivity index (χ0) is 17.6. The summed E-state index contributed by atoms with van der Waals surface area (Å²) in [4.78, 5) is 12.8. The van der Waals surface area contributed by atoms with Crippen molar-refractivity contribution in [3.63, 3.8) is 0 Å². The number of guanidine groups is 1. The Hall–Kier alpha value is -2.34. The third-order valence-electron chi connectivity index (χ3n) is 4.26. The van der Waals surface area contributed by atoms with Gasteiger partial charge in [-0.1, -0.05) is 17.7 Å². The Labute approximate surface area is 151 Å². The summed E-state index contributed by atoms with van der Waals surface area (Å²) >= 11 is 5.77. The Morgan fingerprint density at radius 1 is 1.12 bits per heavy atom. The molecule has 0 bridgehead atoms. The molecule has 2 aromatic rings. The fourth-order valence-electron chi connectivity index (χ4n) is 2.80. The molecule has 1 aliphatic rings. The molecule has 3 rings (SSSR count). The van der Waals surface area contributed by atoms with E-state index in [-0.39, 0.29) is 5.82 Å². The van der Waals surface area contributed by atoms with Gasteiger partial charge in [-0.25, -0.2) is 9.37 Å². The normalized spacial score (nSPS) is 15.5. The number of anilines is 1. The first-order valence-electron chi connectivity index (χ1n) is 8.27. The minimum atomic E-state index is -0.213. The minimum absolute atomic E-state index is 0.213. The van der Waals surface area contributed by atoms with Gasteiger partial charge in [0.1, 0.15) is 11.0 Å². The zero-order valence-corrected chi connectivity index (χ0v) is 14.7. The van der Waals surface area contributed by atoms with Crippen LogP contribution in [0.4, 0.5) is 10.1 Å². The molecular weight excluding hydrogens is 341 g/mol. The van der Waals surface area contributed by atoms with Gasteiger partial charge in [-0.3, -0.25) is 4.99 Å². The molecule has 0 radical (unpaired) electrons. The van der Waals surface area contributed by atoms with Crippen LogP contribution < -0.4 is 10.6 Å². The smallest absolute Gasteiger partial charge is 0.191 e. The van der Waals surface area contributed by atoms with E-state index in [0.29, 0.717) is 17.7 Å². The quantitative estimate of drug-likeness (QED) is 0.516. The standard InChI is InChI=1S/C18H21ClFN5/c19-17-6-1-14(13-23-17)7-8-22-18(21)25-11-9-24(10-12-25)16-4-2-15(20)3-5-16/h1-6,13H,7-12H2,(H2,21,22). The summed E-state index contributed by atoms with van der Waals surface area (Å²) in [7, 11) is 0. The number of piperazine rings is 1. The van der Waals surface area contributed by atoms with Crippen molar-refractivity contribution in [3.8, 4) is 0 Å². The molecule has 2 heterocycles. The van der Waals surface area contributed by atoms with Gasteiger partial charge < -0.3 is 15.5 Å². The van der Waals surface area contributed by atoms with Gasteiger partial charge in [0.05, 0.1) is 0 Å². The van der Waals surface area contributed by atoms with E-state index in [1.54, 1.807) is 12.3 Å². The maximum absolute atomic E-state index is 13.0. The van der Waals surface area contributed by atoms with Crippen molar-refractivity contribution in [2.75, 3.05) is 37.6 Å². The SMILES string of the molecule is NC(=NCCc1ccc(Cl)nc1)N1CCN(c2ccc(F)cc2)CC1. The molecule has 0 atom stereocenters. The van der Waals surface area contributed by atoms with Gasteiger partial charge in [0, 0.05) is 44.6 Å². The van der Waals surface area contributed by atoms with Crippen molar-refractivity contribution in [1.29, 1.82) is 0 Å². The topological polar surface area (TPSA) is 57.8 Å². The first-order chi connectivity index (χ1) is 12.1. The van der Waals surface area contributed by atoms with Gasteiger partial charge in [0.15, 0.2) is 5.96 Å². The van der Waals surface area contributed by atoms with Crippen LogP contribution in [0.15, 0.2) is 47.6 Å². The molecule has 0 amide bonds. The highest BCUT2D eigenvalue weighted by molar-refractivity contribution is 6.29. The number of hydrogen-bond acceptors (Lipinski definition) is 3. The van der Waals surface area contributed by atoms with Crippen LogP contribution in [0.3, 0.4) is 0 Å². The first-order valence-corrected chi connectivity index (χ1v) is 8.65. The van der Waals surface area contributed by atoms with Crippen molar-refractivity contribution in [2.24, 2.45) is 10.7 Å². The molecule has 7 heteroatoms. The van der Waals surface area contributed by atoms with E-state index < -0.39 is 0 Å². The maximum Gasteiger partial charge on any atom is 0.191 e. The molecule has 25 heavy (non-hydrogen) atoms. The van der Waals surface area contributed by atoms with E-state index in [9.17, 15) is 4.39 Å². The highest BCUT2D eigenvalue weighted by atomic mass is 35.5. The fraction of sp³-hybridized carbons (Fsp3) is 0.333. The molecule has 1 aliphatic heterocycles. The van der Waals surface area contributed by atoms with Crippen LogP contribution in [0.5, 0.6) is 0 Å². The van der Waals surface area contributed by atoms with E-state index in [1.165, 1.54) is 12.1 Å². The molecule has 1 saturated heterocycles. The summed E-state index contributed by atoms with van der Waals surface area (Å²) in [5, 5.41) is 0.491. The fourth-order valence-corrected chi connectivity index (χ4v) is 2.91. The molecule has 0 saturated carbocycles. The number of benzene rings is 1. The predicted octanol–water partition coefficient (Wildman–Crippen LogP) is 2.55. The van der Waals surface area contributed by atoms with Crippen LogP contribution in [-0.2, 0) is 6.42 Å². The molecule has 1 aromatic carbocycles. The molecule has 1 aromatic heterocycles. The minimum Gasteiger partial charge on any atom is -0.370 e. The van der Waals surface area contributed by atoms with E-state index in [2.05, 4.69) is 19.8 Å². The van der Waals surface area contributed by atoms with Gasteiger partial charge in [0.25, 0.3) is 0 Å². The van der Waals surface area contributed by atoms with Crippen LogP contribution in [0.25, 0.3) is 0 Å². The Balaban J connectivity index is 1.48. The van der Waals surface area contributed by atoms with Gasteiger partial charge in [-0.05, 0) is 42.3 Å². The van der Waals surface area contributed by atoms with Crippen molar-refractivity contribution < 1.29 is 4.39 Å². The Morgan fingerprint density at radius 2 is 1.84 bits per heavy atom. The van der Waals surface area contributed by atoms with Crippen molar-refractivity contribution in [2.45, 2.75) is 6.42 Å². The number of nitrogens with two attached hydrogens (primary N) is 1. The van der Waals surface area contributed by atoms with Crippen LogP contribution >= 0.6 is 11.6 Å². The van der Waals surface area contributed by atoms with Crippen LogP contribution in [0.2, 0.25) is 5.15 Å². The lowest BCUT2D eigenvalue weighted by Crippen LogP contribution is -2.51. The zero-order valence-electron chi connectivity index (χ0n) is 13.9. The summed E-state index contributed by atoms with van der Waals surface area (Å²) in [6, 6.07) is 10.3. The number of halogens is 2.